The number of hydrogen-bond acceptors (Lipinski definition) is 4. The summed E-state index contributed by atoms with van der Waals surface area (Å²) in [4.78, 5) is 10.4. The highest BCUT2D eigenvalue weighted by Crippen LogP contribution is 2.39. The molecule has 1 aromatic carbocycles. The number of nitrogens with one attached hydrogen (secondary N) is 2. The minimum atomic E-state index is -0.207. The third-order valence-corrected chi connectivity index (χ3v) is 5.27. The first-order valence-electron chi connectivity index (χ1n) is 9.21. The molecule has 6 heteroatoms. The molecule has 0 saturated heterocycles. The number of aliphatic imine (C=N–C) groups is 1. The maximum atomic E-state index is 6.13. The first kappa shape index (κ1) is 18.7. The van der Waals surface area contributed by atoms with E-state index in [1.165, 1.54) is 10.4 Å². The molecule has 26 heavy (non-hydrogen) atoms. The van der Waals surface area contributed by atoms with Crippen LogP contribution in [0.5, 0.6) is 5.75 Å². The molecular weight excluding hydrogens is 344 g/mol. The van der Waals surface area contributed by atoms with Crippen LogP contribution in [0.3, 0.4) is 0 Å². The number of aromatic nitrogens is 1. The maximum absolute atomic E-state index is 6.13. The standard InChI is InChI=1S/C20H28N4OS/c1-5-21-19(22-11-10-18-23-13-14(2)26-18)24-16-12-20(3,4)25-17-9-7-6-8-15(16)17/h6-9,13,16H,5,10-12H2,1-4H3,(H2,21,22,24). The highest BCUT2D eigenvalue weighted by molar-refractivity contribution is 7.11. The van der Waals surface area contributed by atoms with Gasteiger partial charge in [0.1, 0.15) is 11.4 Å². The van der Waals surface area contributed by atoms with E-state index in [-0.39, 0.29) is 11.6 Å². The quantitative estimate of drug-likeness (QED) is 0.618. The van der Waals surface area contributed by atoms with Gasteiger partial charge in [-0.25, -0.2) is 4.98 Å². The average Bonchev–Trinajstić information content (AvgIpc) is 2.99. The summed E-state index contributed by atoms with van der Waals surface area (Å²) >= 11 is 1.74. The van der Waals surface area contributed by atoms with Crippen LogP contribution >= 0.6 is 11.3 Å². The first-order valence-corrected chi connectivity index (χ1v) is 10.0. The second-order valence-electron chi connectivity index (χ2n) is 7.18. The Labute approximate surface area is 159 Å². The normalized spacial score (nSPS) is 18.8. The van der Waals surface area contributed by atoms with Crippen molar-refractivity contribution >= 4 is 17.3 Å². The number of aryl methyl sites for hydroxylation is 1. The lowest BCUT2D eigenvalue weighted by atomic mass is 9.90. The summed E-state index contributed by atoms with van der Waals surface area (Å²) in [5.74, 6) is 1.80. The Morgan fingerprint density at radius 3 is 2.92 bits per heavy atom. The molecule has 0 aliphatic carbocycles. The van der Waals surface area contributed by atoms with Crippen molar-refractivity contribution in [1.82, 2.24) is 15.6 Å². The lowest BCUT2D eigenvalue weighted by Gasteiger charge is -2.38. The van der Waals surface area contributed by atoms with Crippen molar-refractivity contribution < 1.29 is 4.74 Å². The monoisotopic (exact) mass is 372 g/mol. The van der Waals surface area contributed by atoms with Gasteiger partial charge in [-0.2, -0.15) is 0 Å². The van der Waals surface area contributed by atoms with Crippen LogP contribution in [-0.4, -0.2) is 29.6 Å². The van der Waals surface area contributed by atoms with E-state index in [4.69, 9.17) is 9.73 Å². The molecule has 1 aliphatic rings. The third-order valence-electron chi connectivity index (χ3n) is 4.30. The van der Waals surface area contributed by atoms with E-state index in [1.54, 1.807) is 11.3 Å². The van der Waals surface area contributed by atoms with Crippen LogP contribution < -0.4 is 15.4 Å². The fourth-order valence-corrected chi connectivity index (χ4v) is 3.97. The molecule has 0 radical (unpaired) electrons. The van der Waals surface area contributed by atoms with Gasteiger partial charge in [-0.1, -0.05) is 18.2 Å². The lowest BCUT2D eigenvalue weighted by Crippen LogP contribution is -2.45. The molecule has 1 aliphatic heterocycles. The number of ether oxygens (including phenoxy) is 1. The number of fused-ring (bicyclic) bond motifs is 1. The average molecular weight is 373 g/mol. The molecule has 0 saturated carbocycles. The van der Waals surface area contributed by atoms with Gasteiger partial charge >= 0.3 is 0 Å². The Morgan fingerprint density at radius 2 is 2.19 bits per heavy atom. The second-order valence-corrected chi connectivity index (χ2v) is 8.50. The van der Waals surface area contributed by atoms with Gasteiger partial charge in [0.15, 0.2) is 5.96 Å². The molecule has 1 atom stereocenters. The predicted octanol–water partition coefficient (Wildman–Crippen LogP) is 3.85. The van der Waals surface area contributed by atoms with Crippen LogP contribution in [0.25, 0.3) is 0 Å². The highest BCUT2D eigenvalue weighted by atomic mass is 32.1. The van der Waals surface area contributed by atoms with Gasteiger partial charge in [0, 0.05) is 42.6 Å². The minimum Gasteiger partial charge on any atom is -0.487 e. The van der Waals surface area contributed by atoms with Crippen molar-refractivity contribution in [3.63, 3.8) is 0 Å². The number of rotatable bonds is 5. The number of benzene rings is 1. The molecule has 0 amide bonds. The largest absolute Gasteiger partial charge is 0.487 e. The van der Waals surface area contributed by atoms with Crippen molar-refractivity contribution in [2.45, 2.75) is 52.2 Å². The third kappa shape index (κ3) is 4.75. The Kier molecular flexibility index (Phi) is 5.81. The van der Waals surface area contributed by atoms with E-state index in [1.807, 2.05) is 18.3 Å². The lowest BCUT2D eigenvalue weighted by molar-refractivity contribution is 0.0694. The zero-order chi connectivity index (χ0) is 18.6. The van der Waals surface area contributed by atoms with Gasteiger partial charge in [0.2, 0.25) is 0 Å². The van der Waals surface area contributed by atoms with E-state index in [0.717, 1.165) is 42.6 Å². The molecule has 0 spiro atoms. The predicted molar refractivity (Wildman–Crippen MR) is 108 cm³/mol. The van der Waals surface area contributed by atoms with Crippen LogP contribution in [0.15, 0.2) is 35.5 Å². The first-order chi connectivity index (χ1) is 12.5. The number of thiazole rings is 1. The Hall–Kier alpha value is -2.08. The van der Waals surface area contributed by atoms with Crippen molar-refractivity contribution in [2.24, 2.45) is 4.99 Å². The molecular formula is C20H28N4OS. The zero-order valence-corrected chi connectivity index (χ0v) is 16.8. The van der Waals surface area contributed by atoms with Gasteiger partial charge < -0.3 is 15.4 Å². The van der Waals surface area contributed by atoms with E-state index in [0.29, 0.717) is 0 Å². The number of para-hydroxylation sites is 1. The van der Waals surface area contributed by atoms with Crippen LogP contribution in [0, 0.1) is 6.92 Å². The zero-order valence-electron chi connectivity index (χ0n) is 16.0. The van der Waals surface area contributed by atoms with Crippen molar-refractivity contribution in [3.8, 4) is 5.75 Å². The van der Waals surface area contributed by atoms with Crippen LogP contribution in [0.2, 0.25) is 0 Å². The highest BCUT2D eigenvalue weighted by Gasteiger charge is 2.33. The summed E-state index contributed by atoms with van der Waals surface area (Å²) in [5.41, 5.74) is 0.981. The smallest absolute Gasteiger partial charge is 0.191 e. The fourth-order valence-electron chi connectivity index (χ4n) is 3.20. The Morgan fingerprint density at radius 1 is 1.38 bits per heavy atom. The molecule has 2 heterocycles. The fraction of sp³-hybridized carbons (Fsp3) is 0.500. The van der Waals surface area contributed by atoms with Crippen molar-refractivity contribution in [2.75, 3.05) is 13.1 Å². The summed E-state index contributed by atoms with van der Waals surface area (Å²) in [6, 6.07) is 8.43. The second kappa shape index (κ2) is 8.08. The number of nitrogens with zero attached hydrogens (tertiary/aromatic N) is 2. The summed E-state index contributed by atoms with van der Waals surface area (Å²) in [6.07, 6.45) is 3.68. The molecule has 140 valence electrons. The number of hydrogen-bond donors (Lipinski definition) is 2. The van der Waals surface area contributed by atoms with Gasteiger partial charge in [-0.3, -0.25) is 4.99 Å². The molecule has 0 fully saturated rings. The van der Waals surface area contributed by atoms with Crippen LogP contribution in [0.4, 0.5) is 0 Å². The van der Waals surface area contributed by atoms with E-state index >= 15 is 0 Å². The van der Waals surface area contributed by atoms with Crippen molar-refractivity contribution in [3.05, 3.63) is 45.9 Å². The van der Waals surface area contributed by atoms with Crippen LogP contribution in [-0.2, 0) is 6.42 Å². The topological polar surface area (TPSA) is 58.5 Å². The van der Waals surface area contributed by atoms with Gasteiger partial charge in [-0.05, 0) is 33.8 Å². The SMILES string of the molecule is CCNC(=NCCc1ncc(C)s1)NC1CC(C)(C)Oc2ccccc21. The van der Waals surface area contributed by atoms with Crippen LogP contribution in [0.1, 0.15) is 48.7 Å². The van der Waals surface area contributed by atoms with Gasteiger partial charge in [0.25, 0.3) is 0 Å². The minimum absolute atomic E-state index is 0.176. The Balaban J connectivity index is 1.71. The van der Waals surface area contributed by atoms with Crippen molar-refractivity contribution in [1.29, 1.82) is 0 Å². The molecule has 3 rings (SSSR count). The van der Waals surface area contributed by atoms with Gasteiger partial charge in [-0.15, -0.1) is 11.3 Å². The maximum Gasteiger partial charge on any atom is 0.191 e. The van der Waals surface area contributed by atoms with E-state index in [9.17, 15) is 0 Å². The Bertz CT molecular complexity index is 769. The summed E-state index contributed by atoms with van der Waals surface area (Å²) in [6.45, 7) is 9.98. The molecule has 2 aromatic rings. The molecule has 0 bridgehead atoms. The van der Waals surface area contributed by atoms with E-state index in [2.05, 4.69) is 55.4 Å². The molecule has 2 N–H and O–H groups in total. The molecule has 1 aromatic heterocycles. The summed E-state index contributed by atoms with van der Waals surface area (Å²) in [5, 5.41) is 8.10. The summed E-state index contributed by atoms with van der Waals surface area (Å²) < 4.78 is 6.13. The molecule has 1 unspecified atom stereocenters. The van der Waals surface area contributed by atoms with E-state index < -0.39 is 0 Å². The number of guanidine groups is 1. The molecule has 5 nitrogen and oxygen atoms in total. The van der Waals surface area contributed by atoms with Gasteiger partial charge in [0.05, 0.1) is 11.0 Å². The summed E-state index contributed by atoms with van der Waals surface area (Å²) in [7, 11) is 0.